The molecule has 2 N–H and O–H groups in total. The molecule has 22 heavy (non-hydrogen) atoms. The first-order chi connectivity index (χ1) is 10.7. The fraction of sp³-hybridized carbons (Fsp3) is 0.643. The third-order valence-electron chi connectivity index (χ3n) is 3.83. The molecule has 2 aliphatic rings. The highest BCUT2D eigenvalue weighted by molar-refractivity contribution is 5.92. The van der Waals surface area contributed by atoms with E-state index in [2.05, 4.69) is 15.3 Å². The van der Waals surface area contributed by atoms with Gasteiger partial charge in [0.2, 0.25) is 0 Å². The third-order valence-corrected chi connectivity index (χ3v) is 3.83. The third kappa shape index (κ3) is 3.52. The zero-order valence-electron chi connectivity index (χ0n) is 12.4. The molecule has 1 aromatic rings. The van der Waals surface area contributed by atoms with Crippen molar-refractivity contribution in [2.75, 3.05) is 57.4 Å². The van der Waals surface area contributed by atoms with Gasteiger partial charge in [0.15, 0.2) is 0 Å². The molecule has 0 spiro atoms. The van der Waals surface area contributed by atoms with Crippen LogP contribution in [0.25, 0.3) is 0 Å². The second-order valence-corrected chi connectivity index (χ2v) is 5.47. The number of aliphatic hydroxyl groups excluding tert-OH is 1. The summed E-state index contributed by atoms with van der Waals surface area (Å²) in [7, 11) is 0. The topological polar surface area (TPSA) is 90.8 Å². The van der Waals surface area contributed by atoms with Crippen LogP contribution in [-0.4, -0.2) is 84.5 Å². The SMILES string of the molecule is O=C(c1cncc(N2CCNC[C@H](O)C2)n1)N1CCOCC1. The van der Waals surface area contributed by atoms with E-state index in [0.29, 0.717) is 50.9 Å². The molecule has 3 rings (SSSR count). The molecule has 120 valence electrons. The summed E-state index contributed by atoms with van der Waals surface area (Å²) in [5.74, 6) is 0.507. The van der Waals surface area contributed by atoms with Gasteiger partial charge in [-0.15, -0.1) is 0 Å². The first kappa shape index (κ1) is 15.1. The van der Waals surface area contributed by atoms with E-state index < -0.39 is 6.10 Å². The van der Waals surface area contributed by atoms with Gasteiger partial charge in [-0.2, -0.15) is 0 Å². The van der Waals surface area contributed by atoms with Gasteiger partial charge in [-0.05, 0) is 0 Å². The first-order valence-electron chi connectivity index (χ1n) is 7.57. The van der Waals surface area contributed by atoms with Crippen molar-refractivity contribution < 1.29 is 14.6 Å². The van der Waals surface area contributed by atoms with Crippen molar-refractivity contribution in [3.8, 4) is 0 Å². The molecule has 1 aromatic heterocycles. The summed E-state index contributed by atoms with van der Waals surface area (Å²) in [6, 6.07) is 0. The lowest BCUT2D eigenvalue weighted by Crippen LogP contribution is -2.41. The van der Waals surface area contributed by atoms with Crippen molar-refractivity contribution in [3.05, 3.63) is 18.1 Å². The van der Waals surface area contributed by atoms with Crippen molar-refractivity contribution in [3.63, 3.8) is 0 Å². The standard InChI is InChI=1S/C14H21N5O3/c20-11-7-15-1-2-19(10-11)13-9-16-8-12(17-13)14(21)18-3-5-22-6-4-18/h8-9,11,15,20H,1-7,10H2/t11-/m0/s1. The summed E-state index contributed by atoms with van der Waals surface area (Å²) >= 11 is 0. The number of ether oxygens (including phenoxy) is 1. The van der Waals surface area contributed by atoms with Crippen LogP contribution in [0.2, 0.25) is 0 Å². The van der Waals surface area contributed by atoms with Gasteiger partial charge in [-0.1, -0.05) is 0 Å². The zero-order valence-corrected chi connectivity index (χ0v) is 12.4. The van der Waals surface area contributed by atoms with Crippen LogP contribution >= 0.6 is 0 Å². The Labute approximate surface area is 129 Å². The highest BCUT2D eigenvalue weighted by Crippen LogP contribution is 2.13. The van der Waals surface area contributed by atoms with Crippen molar-refractivity contribution in [2.24, 2.45) is 0 Å². The number of carbonyl (C=O) groups excluding carboxylic acids is 1. The van der Waals surface area contributed by atoms with Crippen LogP contribution in [0.4, 0.5) is 5.82 Å². The van der Waals surface area contributed by atoms with Crippen LogP contribution in [-0.2, 0) is 4.74 Å². The molecule has 1 amide bonds. The van der Waals surface area contributed by atoms with E-state index >= 15 is 0 Å². The maximum atomic E-state index is 12.5. The molecule has 0 bridgehead atoms. The Balaban J connectivity index is 1.75. The van der Waals surface area contributed by atoms with Crippen LogP contribution in [0.3, 0.4) is 0 Å². The van der Waals surface area contributed by atoms with Gasteiger partial charge < -0.3 is 25.0 Å². The van der Waals surface area contributed by atoms with Crippen molar-refractivity contribution >= 4 is 11.7 Å². The molecule has 0 radical (unpaired) electrons. The minimum absolute atomic E-state index is 0.119. The van der Waals surface area contributed by atoms with Gasteiger partial charge in [0, 0.05) is 39.3 Å². The van der Waals surface area contributed by atoms with Crippen LogP contribution in [0.1, 0.15) is 10.5 Å². The zero-order chi connectivity index (χ0) is 15.4. The molecule has 0 aliphatic carbocycles. The van der Waals surface area contributed by atoms with E-state index in [-0.39, 0.29) is 5.91 Å². The highest BCUT2D eigenvalue weighted by atomic mass is 16.5. The van der Waals surface area contributed by atoms with Gasteiger partial charge in [-0.3, -0.25) is 9.78 Å². The minimum atomic E-state index is -0.456. The second-order valence-electron chi connectivity index (χ2n) is 5.47. The van der Waals surface area contributed by atoms with Crippen molar-refractivity contribution in [1.29, 1.82) is 0 Å². The molecular weight excluding hydrogens is 286 g/mol. The smallest absolute Gasteiger partial charge is 0.274 e. The normalized spacial score (nSPS) is 23.2. The summed E-state index contributed by atoms with van der Waals surface area (Å²) in [5.41, 5.74) is 0.339. The monoisotopic (exact) mass is 307 g/mol. The quantitative estimate of drug-likeness (QED) is 0.703. The van der Waals surface area contributed by atoms with E-state index in [9.17, 15) is 9.90 Å². The lowest BCUT2D eigenvalue weighted by atomic mass is 10.3. The molecule has 1 atom stereocenters. The lowest BCUT2D eigenvalue weighted by molar-refractivity contribution is 0.0299. The molecule has 2 fully saturated rings. The molecule has 8 heteroatoms. The maximum absolute atomic E-state index is 12.5. The molecular formula is C14H21N5O3. The number of rotatable bonds is 2. The Morgan fingerprint density at radius 2 is 2.14 bits per heavy atom. The average molecular weight is 307 g/mol. The summed E-state index contributed by atoms with van der Waals surface area (Å²) in [5, 5.41) is 13.0. The molecule has 2 aliphatic heterocycles. The molecule has 0 saturated carbocycles. The first-order valence-corrected chi connectivity index (χ1v) is 7.57. The highest BCUT2D eigenvalue weighted by Gasteiger charge is 2.22. The van der Waals surface area contributed by atoms with E-state index in [0.717, 1.165) is 13.1 Å². The second kappa shape index (κ2) is 6.99. The summed E-state index contributed by atoms with van der Waals surface area (Å²) in [6.07, 6.45) is 2.67. The fourth-order valence-electron chi connectivity index (χ4n) is 2.64. The van der Waals surface area contributed by atoms with Crippen LogP contribution < -0.4 is 10.2 Å². The molecule has 8 nitrogen and oxygen atoms in total. The molecule has 0 aromatic carbocycles. The Morgan fingerprint density at radius 3 is 2.95 bits per heavy atom. The van der Waals surface area contributed by atoms with Gasteiger partial charge >= 0.3 is 0 Å². The van der Waals surface area contributed by atoms with E-state index in [4.69, 9.17) is 4.74 Å². The predicted octanol–water partition coefficient (Wildman–Crippen LogP) is -1.28. The number of morpholine rings is 1. The van der Waals surface area contributed by atoms with E-state index in [1.807, 2.05) is 4.90 Å². The van der Waals surface area contributed by atoms with E-state index in [1.165, 1.54) is 6.20 Å². The Bertz CT molecular complexity index is 521. The van der Waals surface area contributed by atoms with Crippen LogP contribution in [0, 0.1) is 0 Å². The number of hydrogen-bond donors (Lipinski definition) is 2. The van der Waals surface area contributed by atoms with E-state index in [1.54, 1.807) is 11.1 Å². The number of aliphatic hydroxyl groups is 1. The Kier molecular flexibility index (Phi) is 4.81. The molecule has 3 heterocycles. The van der Waals surface area contributed by atoms with Gasteiger partial charge in [-0.25, -0.2) is 4.98 Å². The summed E-state index contributed by atoms with van der Waals surface area (Å²) in [6.45, 7) is 4.81. The van der Waals surface area contributed by atoms with Crippen LogP contribution in [0.5, 0.6) is 0 Å². The van der Waals surface area contributed by atoms with Crippen molar-refractivity contribution in [1.82, 2.24) is 20.2 Å². The minimum Gasteiger partial charge on any atom is -0.390 e. The van der Waals surface area contributed by atoms with Gasteiger partial charge in [0.1, 0.15) is 11.5 Å². The largest absolute Gasteiger partial charge is 0.390 e. The fourth-order valence-corrected chi connectivity index (χ4v) is 2.64. The number of β-amino-alcohol motifs (C(OH)–C–C–N with tert-alkyl or cyclic N) is 1. The number of aromatic nitrogens is 2. The Morgan fingerprint density at radius 1 is 1.32 bits per heavy atom. The number of nitrogens with one attached hydrogen (secondary N) is 1. The summed E-state index contributed by atoms with van der Waals surface area (Å²) in [4.78, 5) is 24.7. The number of hydrogen-bond acceptors (Lipinski definition) is 7. The maximum Gasteiger partial charge on any atom is 0.274 e. The van der Waals surface area contributed by atoms with Crippen molar-refractivity contribution in [2.45, 2.75) is 6.10 Å². The average Bonchev–Trinajstić information content (AvgIpc) is 2.80. The molecule has 2 saturated heterocycles. The Hall–Kier alpha value is -1.77. The lowest BCUT2D eigenvalue weighted by Gasteiger charge is -2.27. The van der Waals surface area contributed by atoms with Gasteiger partial charge in [0.25, 0.3) is 5.91 Å². The number of nitrogens with zero attached hydrogens (tertiary/aromatic N) is 4. The number of amides is 1. The predicted molar refractivity (Wildman–Crippen MR) is 79.8 cm³/mol. The summed E-state index contributed by atoms with van der Waals surface area (Å²) < 4.78 is 5.26. The number of carbonyl (C=O) groups is 1. The van der Waals surface area contributed by atoms with Gasteiger partial charge in [0.05, 0.1) is 31.7 Å². The number of anilines is 1. The molecule has 0 unspecified atom stereocenters. The van der Waals surface area contributed by atoms with Crippen LogP contribution in [0.15, 0.2) is 12.4 Å².